The lowest BCUT2D eigenvalue weighted by Crippen LogP contribution is -2.26. The maximum atomic E-state index is 12.1. The zero-order valence-corrected chi connectivity index (χ0v) is 45.6. The van der Waals surface area contributed by atoms with E-state index in [1.54, 1.807) is 54.6 Å². The number of H-pyrrole nitrogens is 1. The summed E-state index contributed by atoms with van der Waals surface area (Å²) in [5.74, 6) is 1.39. The van der Waals surface area contributed by atoms with Crippen LogP contribution in [0.2, 0.25) is 0 Å². The van der Waals surface area contributed by atoms with Crippen LogP contribution in [0.25, 0.3) is 38.6 Å². The monoisotopic (exact) mass is 1160 g/mol. The van der Waals surface area contributed by atoms with Crippen molar-refractivity contribution in [2.75, 3.05) is 13.2 Å². The summed E-state index contributed by atoms with van der Waals surface area (Å²) in [5.41, 5.74) is 21.2. The SMILES string of the molecule is CC#N.N#Cc1ccc(-c2ccc(Br)cc2)cc1.N#Cc1ccc(F)cc1.N#Cc1ccc(Oc2ccc(-n3cc(C[C@H](N)CO)c4ccccc43)cc2)cc1.N[C@H](CO)Cc1c[nH]c2ccccc12.Oc1ccc(Br)cc1. The van der Waals surface area contributed by atoms with Crippen molar-refractivity contribution in [3.63, 3.8) is 0 Å². The number of aromatic amines is 1. The first-order valence-corrected chi connectivity index (χ1v) is 25.7. The third-order valence-corrected chi connectivity index (χ3v) is 12.3. The Morgan fingerprint density at radius 2 is 0.987 bits per heavy atom. The number of aromatic hydroxyl groups is 1. The molecule has 0 spiro atoms. The summed E-state index contributed by atoms with van der Waals surface area (Å²) in [6.45, 7) is 1.42. The number of benzene rings is 8. The molecular weight excluding hydrogens is 1110 g/mol. The lowest BCUT2D eigenvalue weighted by Gasteiger charge is -2.09. The van der Waals surface area contributed by atoms with Gasteiger partial charge < -0.3 is 41.1 Å². The summed E-state index contributed by atoms with van der Waals surface area (Å²) in [6.07, 6.45) is 5.36. The molecule has 0 saturated carbocycles. The third kappa shape index (κ3) is 19.1. The minimum atomic E-state index is -0.311. The Morgan fingerprint density at radius 1 is 0.564 bits per heavy atom. The van der Waals surface area contributed by atoms with Gasteiger partial charge in [-0.3, -0.25) is 0 Å². The maximum Gasteiger partial charge on any atom is 0.127 e. The Labute approximate surface area is 470 Å². The Balaban J connectivity index is 0.000000193. The van der Waals surface area contributed by atoms with Gasteiger partial charge in [-0.1, -0.05) is 92.5 Å². The van der Waals surface area contributed by atoms with Gasteiger partial charge in [0, 0.05) is 62.3 Å². The van der Waals surface area contributed by atoms with E-state index in [1.807, 2.05) is 115 Å². The van der Waals surface area contributed by atoms with Gasteiger partial charge in [0.1, 0.15) is 23.1 Å². The van der Waals surface area contributed by atoms with Crippen LogP contribution < -0.4 is 16.2 Å². The van der Waals surface area contributed by atoms with Crippen molar-refractivity contribution in [2.45, 2.75) is 31.8 Å². The van der Waals surface area contributed by atoms with E-state index in [0.29, 0.717) is 41.0 Å². The summed E-state index contributed by atoms with van der Waals surface area (Å²) >= 11 is 6.63. The molecule has 8 aromatic carbocycles. The van der Waals surface area contributed by atoms with Crippen LogP contribution in [0.5, 0.6) is 17.2 Å². The van der Waals surface area contributed by atoms with E-state index < -0.39 is 0 Å². The number of nitrogens with two attached hydrogens (primary N) is 2. The van der Waals surface area contributed by atoms with Gasteiger partial charge in [-0.2, -0.15) is 21.0 Å². The highest BCUT2D eigenvalue weighted by Gasteiger charge is 2.13. The molecule has 10 rings (SSSR count). The van der Waals surface area contributed by atoms with Gasteiger partial charge in [0.25, 0.3) is 0 Å². The molecule has 392 valence electrons. The summed E-state index contributed by atoms with van der Waals surface area (Å²) < 4.78 is 22.2. The molecule has 15 heteroatoms. The average Bonchev–Trinajstić information content (AvgIpc) is 4.08. The van der Waals surface area contributed by atoms with Gasteiger partial charge in [0.2, 0.25) is 0 Å². The molecule has 0 saturated heterocycles. The first-order chi connectivity index (χ1) is 37.8. The predicted molar refractivity (Wildman–Crippen MR) is 313 cm³/mol. The molecule has 0 bridgehead atoms. The van der Waals surface area contributed by atoms with Gasteiger partial charge in [-0.25, -0.2) is 4.39 Å². The quantitative estimate of drug-likeness (QED) is 0.0757. The first kappa shape index (κ1) is 60.0. The van der Waals surface area contributed by atoms with Crippen LogP contribution in [0.4, 0.5) is 4.39 Å². The van der Waals surface area contributed by atoms with Crippen molar-refractivity contribution < 1.29 is 24.4 Å². The van der Waals surface area contributed by atoms with Crippen molar-refractivity contribution >= 4 is 53.7 Å². The number of ether oxygens (including phenoxy) is 1. The van der Waals surface area contributed by atoms with E-state index in [-0.39, 0.29) is 31.1 Å². The van der Waals surface area contributed by atoms with Gasteiger partial charge in [0.05, 0.1) is 59.7 Å². The number of hydrogen-bond acceptors (Lipinski definition) is 10. The molecule has 8 N–H and O–H groups in total. The normalized spacial score (nSPS) is 10.7. The van der Waals surface area contributed by atoms with Crippen molar-refractivity contribution in [2.24, 2.45) is 11.5 Å². The number of nitrogens with one attached hydrogen (secondary N) is 1. The predicted octanol–water partition coefficient (Wildman–Crippen LogP) is 13.6. The van der Waals surface area contributed by atoms with E-state index in [9.17, 15) is 9.50 Å². The fraction of sp³-hybridized carbons (Fsp3) is 0.111. The number of nitrogens with zero attached hydrogens (tertiary/aromatic N) is 5. The number of fused-ring (bicyclic) bond motifs is 2. The largest absolute Gasteiger partial charge is 0.508 e. The standard InChI is InChI=1S/C24H21N3O2.C13H8BrN.C11H14N2O.C7H4FN.C6H5BrO.C2H3N/c25-14-17-5-9-21(10-6-17)29-22-11-7-20(8-12-22)27-15-18(13-19(26)16-28)23-3-1-2-4-24(23)27;14-13-7-5-12(6-8-13)11-3-1-10(9-15)2-4-11;12-9(7-14)5-8-6-13-11-4-2-1-3-10(8)11;8-7-3-1-6(5-9)2-4-7;7-5-1-3-6(8)4-2-5;1-2-3/h1-12,15,19,28H,13,16,26H2;1-8H;1-4,6,9,13-14H,5,7,12H2;1-4H;1-4,8H;1H3/t19-;;9-;;;/m0.0.../s1. The van der Waals surface area contributed by atoms with Crippen LogP contribution in [0.3, 0.4) is 0 Å². The van der Waals surface area contributed by atoms with Crippen molar-refractivity contribution in [1.29, 1.82) is 21.0 Å². The second-order valence-electron chi connectivity index (χ2n) is 16.9. The zero-order chi connectivity index (χ0) is 56.2. The van der Waals surface area contributed by atoms with Crippen LogP contribution in [0.1, 0.15) is 34.7 Å². The fourth-order valence-electron chi connectivity index (χ4n) is 7.37. The van der Waals surface area contributed by atoms with Gasteiger partial charge in [-0.15, -0.1) is 0 Å². The highest BCUT2D eigenvalue weighted by Crippen LogP contribution is 2.29. The molecule has 2 aromatic heterocycles. The number of phenolic OH excluding ortho intramolecular Hbond substituents is 1. The Hall–Kier alpha value is -8.87. The van der Waals surface area contributed by atoms with E-state index in [2.05, 4.69) is 77.9 Å². The lowest BCUT2D eigenvalue weighted by molar-refractivity contribution is 0.265. The second-order valence-corrected chi connectivity index (χ2v) is 18.8. The highest BCUT2D eigenvalue weighted by molar-refractivity contribution is 9.10. The molecule has 0 unspecified atom stereocenters. The number of phenols is 1. The molecule has 10 aromatic rings. The molecule has 0 radical (unpaired) electrons. The Morgan fingerprint density at radius 3 is 1.49 bits per heavy atom. The smallest absolute Gasteiger partial charge is 0.127 e. The number of hydrogen-bond donors (Lipinski definition) is 6. The molecule has 0 aliphatic heterocycles. The van der Waals surface area contributed by atoms with Crippen molar-refractivity contribution in [3.05, 3.63) is 249 Å². The number of para-hydroxylation sites is 2. The number of nitriles is 4. The number of aliphatic hydroxyl groups excluding tert-OH is 2. The van der Waals surface area contributed by atoms with Crippen LogP contribution in [0, 0.1) is 51.1 Å². The van der Waals surface area contributed by atoms with E-state index >= 15 is 0 Å². The molecule has 0 fully saturated rings. The molecule has 0 aliphatic rings. The number of halogens is 3. The third-order valence-electron chi connectivity index (χ3n) is 11.2. The Bertz CT molecular complexity index is 3560. The maximum absolute atomic E-state index is 12.1. The molecule has 2 atom stereocenters. The zero-order valence-electron chi connectivity index (χ0n) is 42.4. The number of aromatic nitrogens is 2. The lowest BCUT2D eigenvalue weighted by atomic mass is 10.0. The molecule has 0 aliphatic carbocycles. The fourth-order valence-corrected chi connectivity index (χ4v) is 7.90. The molecule has 0 amide bonds. The highest BCUT2D eigenvalue weighted by atomic mass is 79.9. The Kier molecular flexibility index (Phi) is 24.5. The van der Waals surface area contributed by atoms with E-state index in [4.69, 9.17) is 47.5 Å². The molecule has 12 nitrogen and oxygen atoms in total. The second kappa shape index (κ2) is 31.9. The van der Waals surface area contributed by atoms with Crippen LogP contribution in [0.15, 0.2) is 215 Å². The van der Waals surface area contributed by atoms with Crippen molar-refractivity contribution in [1.82, 2.24) is 9.55 Å². The first-order valence-electron chi connectivity index (χ1n) is 24.1. The average molecular weight is 1170 g/mol. The van der Waals surface area contributed by atoms with Crippen molar-refractivity contribution in [3.8, 4) is 58.3 Å². The summed E-state index contributed by atoms with van der Waals surface area (Å²) in [7, 11) is 0. The topological polar surface area (TPSA) is 238 Å². The van der Waals surface area contributed by atoms with Gasteiger partial charge in [-0.05, 0) is 169 Å². The summed E-state index contributed by atoms with van der Waals surface area (Å²) in [5, 5.41) is 62.4. The molecule has 78 heavy (non-hydrogen) atoms. The van der Waals surface area contributed by atoms with Crippen LogP contribution in [-0.4, -0.2) is 50.2 Å². The minimum Gasteiger partial charge on any atom is -0.508 e. The molecule has 2 heterocycles. The van der Waals surface area contributed by atoms with Gasteiger partial charge in [0.15, 0.2) is 0 Å². The van der Waals surface area contributed by atoms with E-state index in [1.165, 1.54) is 42.1 Å². The van der Waals surface area contributed by atoms with E-state index in [0.717, 1.165) is 53.5 Å². The minimum absolute atomic E-state index is 0.0273. The number of rotatable bonds is 10. The van der Waals surface area contributed by atoms with Gasteiger partial charge >= 0.3 is 0 Å². The summed E-state index contributed by atoms with van der Waals surface area (Å²) in [4.78, 5) is 3.18. The van der Waals surface area contributed by atoms with Crippen LogP contribution in [-0.2, 0) is 12.8 Å². The van der Waals surface area contributed by atoms with Crippen LogP contribution >= 0.6 is 31.9 Å². The molecular formula is C63H55Br2FN8O4. The number of aliphatic hydroxyl groups is 2. The summed E-state index contributed by atoms with van der Waals surface area (Å²) in [6, 6.07) is 66.4.